The largest absolute Gasteiger partial charge is 0.497 e. The average Bonchev–Trinajstić information content (AvgIpc) is 3.43. The van der Waals surface area contributed by atoms with Crippen molar-refractivity contribution < 1.29 is 19.1 Å². The van der Waals surface area contributed by atoms with Crippen molar-refractivity contribution in [1.29, 1.82) is 0 Å². The van der Waals surface area contributed by atoms with E-state index in [0.29, 0.717) is 47.3 Å². The summed E-state index contributed by atoms with van der Waals surface area (Å²) in [5.41, 5.74) is 7.14. The van der Waals surface area contributed by atoms with Crippen LogP contribution in [0.4, 0.5) is 4.79 Å². The number of carbonyl (C=O) groups is 2. The van der Waals surface area contributed by atoms with Gasteiger partial charge in [-0.25, -0.2) is 4.79 Å². The summed E-state index contributed by atoms with van der Waals surface area (Å²) in [4.78, 5) is 29.7. The molecule has 1 atom stereocenters. The molecule has 2 aliphatic rings. The molecular formula is C32H35Cl2N3O4. The summed E-state index contributed by atoms with van der Waals surface area (Å²) >= 11 is 12.7. The number of halogens is 2. The van der Waals surface area contributed by atoms with Crippen LogP contribution in [0.5, 0.6) is 5.75 Å². The van der Waals surface area contributed by atoms with Crippen LogP contribution in [0.2, 0.25) is 10.0 Å². The zero-order valence-electron chi connectivity index (χ0n) is 23.2. The summed E-state index contributed by atoms with van der Waals surface area (Å²) in [6.07, 6.45) is 2.20. The van der Waals surface area contributed by atoms with Gasteiger partial charge in [0.15, 0.2) is 0 Å². The van der Waals surface area contributed by atoms with E-state index in [1.165, 1.54) is 0 Å². The van der Waals surface area contributed by atoms with Crippen molar-refractivity contribution in [3.8, 4) is 5.75 Å². The number of piperidine rings is 1. The van der Waals surface area contributed by atoms with Crippen LogP contribution in [0, 0.1) is 0 Å². The van der Waals surface area contributed by atoms with Gasteiger partial charge in [-0.15, -0.1) is 0 Å². The number of nitrogens with two attached hydrogens (primary N) is 1. The van der Waals surface area contributed by atoms with Crippen molar-refractivity contribution in [3.05, 3.63) is 99.5 Å². The van der Waals surface area contributed by atoms with E-state index in [1.807, 2.05) is 71.6 Å². The van der Waals surface area contributed by atoms with E-state index in [4.69, 9.17) is 38.4 Å². The molecule has 2 fully saturated rings. The Kier molecular flexibility index (Phi) is 8.78. The average molecular weight is 597 g/mol. The minimum absolute atomic E-state index is 0.0138. The Hall–Kier alpha value is -3.26. The number of ether oxygens (including phenoxy) is 2. The quantitative estimate of drug-likeness (QED) is 0.332. The van der Waals surface area contributed by atoms with E-state index in [2.05, 4.69) is 4.90 Å². The summed E-state index contributed by atoms with van der Waals surface area (Å²) in [6.45, 7) is 3.55. The number of benzene rings is 3. The molecule has 3 aromatic carbocycles. The Morgan fingerprint density at radius 1 is 0.878 bits per heavy atom. The van der Waals surface area contributed by atoms with Gasteiger partial charge in [0.1, 0.15) is 11.4 Å². The highest BCUT2D eigenvalue weighted by atomic mass is 35.5. The first-order valence-corrected chi connectivity index (χ1v) is 14.6. The second-order valence-corrected chi connectivity index (χ2v) is 11.8. The molecule has 216 valence electrons. The number of hydrogen-bond acceptors (Lipinski definition) is 5. The molecule has 2 saturated heterocycles. The van der Waals surface area contributed by atoms with E-state index in [-0.39, 0.29) is 11.3 Å². The maximum Gasteiger partial charge on any atom is 0.405 e. The first-order valence-electron chi connectivity index (χ1n) is 13.9. The van der Waals surface area contributed by atoms with Gasteiger partial charge in [-0.2, -0.15) is 0 Å². The third kappa shape index (κ3) is 6.32. The molecule has 0 radical (unpaired) electrons. The van der Waals surface area contributed by atoms with E-state index in [0.717, 1.165) is 43.6 Å². The highest BCUT2D eigenvalue weighted by Crippen LogP contribution is 2.42. The summed E-state index contributed by atoms with van der Waals surface area (Å²) in [5.74, 6) is 0.642. The van der Waals surface area contributed by atoms with E-state index < -0.39 is 11.7 Å². The molecule has 9 heteroatoms. The van der Waals surface area contributed by atoms with E-state index in [1.54, 1.807) is 13.2 Å². The minimum atomic E-state index is -0.757. The molecule has 0 aliphatic carbocycles. The van der Waals surface area contributed by atoms with Crippen LogP contribution in [0.1, 0.15) is 47.2 Å². The van der Waals surface area contributed by atoms with Crippen molar-refractivity contribution in [3.63, 3.8) is 0 Å². The van der Waals surface area contributed by atoms with E-state index in [9.17, 15) is 9.59 Å². The lowest BCUT2D eigenvalue weighted by Gasteiger charge is -2.42. The fourth-order valence-electron chi connectivity index (χ4n) is 6.29. The lowest BCUT2D eigenvalue weighted by Crippen LogP contribution is -2.47. The van der Waals surface area contributed by atoms with Gasteiger partial charge in [0.05, 0.1) is 17.2 Å². The molecule has 0 aromatic heterocycles. The summed E-state index contributed by atoms with van der Waals surface area (Å²) in [7, 11) is 1.60. The highest BCUT2D eigenvalue weighted by molar-refractivity contribution is 6.42. The number of hydrogen-bond donors (Lipinski definition) is 1. The molecule has 5 rings (SSSR count). The van der Waals surface area contributed by atoms with Gasteiger partial charge >= 0.3 is 6.09 Å². The summed E-state index contributed by atoms with van der Waals surface area (Å²) < 4.78 is 11.1. The molecule has 7 nitrogen and oxygen atoms in total. The van der Waals surface area contributed by atoms with Gasteiger partial charge in [0.2, 0.25) is 0 Å². The molecule has 2 N–H and O–H groups in total. The molecule has 0 spiro atoms. The Labute approximate surface area is 251 Å². The number of amides is 2. The number of rotatable bonds is 8. The van der Waals surface area contributed by atoms with Crippen LogP contribution in [-0.2, 0) is 15.8 Å². The van der Waals surface area contributed by atoms with Gasteiger partial charge in [-0.1, -0.05) is 65.7 Å². The predicted octanol–water partition coefficient (Wildman–Crippen LogP) is 6.26. The van der Waals surface area contributed by atoms with Crippen LogP contribution >= 0.6 is 23.2 Å². The Morgan fingerprint density at radius 3 is 2.32 bits per heavy atom. The Bertz CT molecular complexity index is 1390. The van der Waals surface area contributed by atoms with Gasteiger partial charge in [-0.05, 0) is 60.8 Å². The molecule has 0 saturated carbocycles. The molecule has 2 heterocycles. The fraction of sp³-hybridized carbons (Fsp3) is 0.375. The normalized spacial score (nSPS) is 20.5. The van der Waals surface area contributed by atoms with Gasteiger partial charge < -0.3 is 25.0 Å². The second-order valence-electron chi connectivity index (χ2n) is 11.0. The number of carbonyl (C=O) groups excluding carboxylic acids is 2. The third-order valence-electron chi connectivity index (χ3n) is 8.66. The summed E-state index contributed by atoms with van der Waals surface area (Å²) in [5, 5.41) is 1.02. The zero-order valence-corrected chi connectivity index (χ0v) is 24.7. The zero-order chi connectivity index (χ0) is 29.0. The minimum Gasteiger partial charge on any atom is -0.497 e. The van der Waals surface area contributed by atoms with Gasteiger partial charge in [0, 0.05) is 50.0 Å². The predicted molar refractivity (Wildman–Crippen MR) is 161 cm³/mol. The van der Waals surface area contributed by atoms with Crippen LogP contribution in [-0.4, -0.2) is 61.6 Å². The second kappa shape index (κ2) is 12.3. The van der Waals surface area contributed by atoms with Gasteiger partial charge in [-0.3, -0.25) is 4.79 Å². The highest BCUT2D eigenvalue weighted by Gasteiger charge is 2.43. The lowest BCUT2D eigenvalue weighted by atomic mass is 9.76. The van der Waals surface area contributed by atoms with Crippen molar-refractivity contribution in [1.82, 2.24) is 9.80 Å². The molecule has 2 amide bonds. The van der Waals surface area contributed by atoms with Crippen molar-refractivity contribution >= 4 is 35.2 Å². The standard InChI is InChI=1S/C32H35Cl2N3O4/c1-40-26-9-5-6-23(20-26)29(38)37-19-13-31(22-37,25-10-11-27(33)28(34)21-25)12-16-36-17-14-32(15-18-36,41-30(35)39)24-7-3-2-4-8-24/h2-11,20-21H,12-19,22H2,1H3,(H2,35,39). The van der Waals surface area contributed by atoms with Crippen molar-refractivity contribution in [2.75, 3.05) is 39.8 Å². The van der Waals surface area contributed by atoms with E-state index >= 15 is 0 Å². The molecule has 1 unspecified atom stereocenters. The topological polar surface area (TPSA) is 85.1 Å². The SMILES string of the molecule is COc1cccc(C(=O)N2CCC(CCN3CCC(OC(N)=O)(c4ccccc4)CC3)(c3ccc(Cl)c(Cl)c3)C2)c1. The smallest absolute Gasteiger partial charge is 0.405 e. The number of likely N-dealkylation sites (tertiary alicyclic amines) is 2. The fourth-order valence-corrected chi connectivity index (χ4v) is 6.59. The number of primary amides is 1. The summed E-state index contributed by atoms with van der Waals surface area (Å²) in [6, 6.07) is 22.9. The third-order valence-corrected chi connectivity index (χ3v) is 9.39. The van der Waals surface area contributed by atoms with Crippen molar-refractivity contribution in [2.45, 2.75) is 36.7 Å². The maximum atomic E-state index is 13.5. The van der Waals surface area contributed by atoms with Crippen LogP contribution in [0.15, 0.2) is 72.8 Å². The molecular weight excluding hydrogens is 561 g/mol. The molecule has 0 bridgehead atoms. The molecule has 2 aliphatic heterocycles. The monoisotopic (exact) mass is 595 g/mol. The lowest BCUT2D eigenvalue weighted by molar-refractivity contribution is -0.0374. The number of methoxy groups -OCH3 is 1. The van der Waals surface area contributed by atoms with Crippen LogP contribution < -0.4 is 10.5 Å². The van der Waals surface area contributed by atoms with Crippen LogP contribution in [0.25, 0.3) is 0 Å². The number of nitrogens with zero attached hydrogens (tertiary/aromatic N) is 2. The van der Waals surface area contributed by atoms with Crippen molar-refractivity contribution in [2.24, 2.45) is 5.73 Å². The Morgan fingerprint density at radius 2 is 1.63 bits per heavy atom. The first-order chi connectivity index (χ1) is 19.7. The first kappa shape index (κ1) is 29.2. The Balaban J connectivity index is 1.33. The molecule has 3 aromatic rings. The van der Waals surface area contributed by atoms with Gasteiger partial charge in [0.25, 0.3) is 5.91 Å². The molecule has 41 heavy (non-hydrogen) atoms. The maximum absolute atomic E-state index is 13.5. The van der Waals surface area contributed by atoms with Crippen LogP contribution in [0.3, 0.4) is 0 Å².